The van der Waals surface area contributed by atoms with E-state index in [1.54, 1.807) is 18.2 Å². The van der Waals surface area contributed by atoms with Gasteiger partial charge in [0, 0.05) is 6.54 Å². The number of rotatable bonds is 4. The Hall–Kier alpha value is -0.800. The first-order chi connectivity index (χ1) is 9.17. The number of sulfonamides is 1. The number of nitrogens with one attached hydrogen (secondary N) is 2. The van der Waals surface area contributed by atoms with Crippen LogP contribution in [0.4, 0.5) is 0 Å². The largest absolute Gasteiger partial charge is 0.316 e. The van der Waals surface area contributed by atoms with Crippen molar-refractivity contribution in [1.82, 2.24) is 18.8 Å². The fourth-order valence-electron chi connectivity index (χ4n) is 2.19. The summed E-state index contributed by atoms with van der Waals surface area (Å²) < 4.78 is 35.4. The molecule has 0 saturated carbocycles. The SMILES string of the molecule is Cl.O=S(=O)(NCC1CCNC1)c1cccc2nsnc12. The fraction of sp³-hybridized carbons (Fsp3) is 0.455. The number of nitrogens with zero attached hydrogens (tertiary/aromatic N) is 2. The molecule has 3 rings (SSSR count). The zero-order chi connectivity index (χ0) is 13.3. The molecular formula is C11H15ClN4O2S2. The molecule has 0 bridgehead atoms. The van der Waals surface area contributed by atoms with E-state index in [1.165, 1.54) is 0 Å². The minimum atomic E-state index is -3.52. The number of benzene rings is 1. The van der Waals surface area contributed by atoms with Gasteiger partial charge in [-0.1, -0.05) is 6.07 Å². The molecule has 20 heavy (non-hydrogen) atoms. The van der Waals surface area contributed by atoms with Gasteiger partial charge in [-0.25, -0.2) is 13.1 Å². The molecule has 1 fully saturated rings. The van der Waals surface area contributed by atoms with Gasteiger partial charge in [0.2, 0.25) is 10.0 Å². The van der Waals surface area contributed by atoms with E-state index >= 15 is 0 Å². The maximum atomic E-state index is 12.3. The fourth-order valence-corrected chi connectivity index (χ4v) is 4.07. The first-order valence-electron chi connectivity index (χ1n) is 6.08. The summed E-state index contributed by atoms with van der Waals surface area (Å²) in [5.74, 6) is 0.363. The van der Waals surface area contributed by atoms with Crippen molar-refractivity contribution in [3.05, 3.63) is 18.2 Å². The lowest BCUT2D eigenvalue weighted by molar-refractivity contribution is 0.539. The van der Waals surface area contributed by atoms with Crippen molar-refractivity contribution in [2.75, 3.05) is 19.6 Å². The highest BCUT2D eigenvalue weighted by Gasteiger charge is 2.22. The second-order valence-corrected chi connectivity index (χ2v) is 6.86. The average Bonchev–Trinajstić information content (AvgIpc) is 3.06. The second kappa shape index (κ2) is 6.31. The van der Waals surface area contributed by atoms with E-state index in [0.717, 1.165) is 31.2 Å². The predicted molar refractivity (Wildman–Crippen MR) is 80.8 cm³/mol. The molecule has 9 heteroatoms. The summed E-state index contributed by atoms with van der Waals surface area (Å²) in [4.78, 5) is 0.213. The van der Waals surface area contributed by atoms with Crippen LogP contribution in [0.1, 0.15) is 6.42 Å². The van der Waals surface area contributed by atoms with Gasteiger partial charge >= 0.3 is 0 Å². The Kier molecular flexibility index (Phi) is 4.92. The van der Waals surface area contributed by atoms with Crippen molar-refractivity contribution in [2.45, 2.75) is 11.3 Å². The smallest absolute Gasteiger partial charge is 0.242 e. The van der Waals surface area contributed by atoms with Gasteiger partial charge in [-0.2, -0.15) is 8.75 Å². The number of hydrogen-bond acceptors (Lipinski definition) is 6. The lowest BCUT2D eigenvalue weighted by Crippen LogP contribution is -2.30. The zero-order valence-electron chi connectivity index (χ0n) is 10.6. The van der Waals surface area contributed by atoms with Crippen molar-refractivity contribution in [3.63, 3.8) is 0 Å². The summed E-state index contributed by atoms with van der Waals surface area (Å²) in [5.41, 5.74) is 1.07. The van der Waals surface area contributed by atoms with Crippen molar-refractivity contribution < 1.29 is 8.42 Å². The topological polar surface area (TPSA) is 84.0 Å². The number of halogens is 1. The summed E-state index contributed by atoms with van der Waals surface area (Å²) in [6, 6.07) is 5.02. The lowest BCUT2D eigenvalue weighted by atomic mass is 10.1. The maximum Gasteiger partial charge on any atom is 0.242 e. The predicted octanol–water partition coefficient (Wildman–Crippen LogP) is 1.00. The quantitative estimate of drug-likeness (QED) is 0.871. The Morgan fingerprint density at radius 3 is 3.00 bits per heavy atom. The van der Waals surface area contributed by atoms with Gasteiger partial charge < -0.3 is 5.32 Å². The molecule has 0 radical (unpaired) electrons. The molecule has 1 aromatic heterocycles. The molecule has 1 atom stereocenters. The third kappa shape index (κ3) is 3.09. The lowest BCUT2D eigenvalue weighted by Gasteiger charge is -2.10. The number of fused-ring (bicyclic) bond motifs is 1. The molecule has 2 aromatic rings. The monoisotopic (exact) mass is 334 g/mol. The zero-order valence-corrected chi connectivity index (χ0v) is 13.0. The first-order valence-corrected chi connectivity index (χ1v) is 8.30. The summed E-state index contributed by atoms with van der Waals surface area (Å²) in [7, 11) is -3.52. The van der Waals surface area contributed by atoms with E-state index in [0.29, 0.717) is 23.5 Å². The van der Waals surface area contributed by atoms with Crippen LogP contribution in [0.15, 0.2) is 23.1 Å². The third-order valence-electron chi connectivity index (χ3n) is 3.26. The summed E-state index contributed by atoms with van der Waals surface area (Å²) >= 11 is 1.02. The number of aromatic nitrogens is 2. The van der Waals surface area contributed by atoms with Crippen molar-refractivity contribution in [2.24, 2.45) is 5.92 Å². The molecule has 1 unspecified atom stereocenters. The highest BCUT2D eigenvalue weighted by molar-refractivity contribution is 7.89. The molecule has 0 aliphatic carbocycles. The van der Waals surface area contributed by atoms with Gasteiger partial charge in [-0.3, -0.25) is 0 Å². The first kappa shape index (κ1) is 15.6. The molecule has 2 N–H and O–H groups in total. The van der Waals surface area contributed by atoms with Gasteiger partial charge in [-0.05, 0) is 37.6 Å². The molecule has 1 aliphatic rings. The van der Waals surface area contributed by atoms with Crippen LogP contribution in [-0.2, 0) is 10.0 Å². The third-order valence-corrected chi connectivity index (χ3v) is 5.26. The second-order valence-electron chi connectivity index (χ2n) is 4.60. The van der Waals surface area contributed by atoms with E-state index in [1.807, 2.05) is 0 Å². The molecule has 1 saturated heterocycles. The van der Waals surface area contributed by atoms with Crippen LogP contribution >= 0.6 is 24.1 Å². The van der Waals surface area contributed by atoms with Crippen molar-refractivity contribution in [1.29, 1.82) is 0 Å². The minimum absolute atomic E-state index is 0. The molecule has 110 valence electrons. The van der Waals surface area contributed by atoms with E-state index < -0.39 is 10.0 Å². The highest BCUT2D eigenvalue weighted by atomic mass is 35.5. The van der Waals surface area contributed by atoms with E-state index in [-0.39, 0.29) is 17.3 Å². The van der Waals surface area contributed by atoms with Crippen LogP contribution in [0.25, 0.3) is 11.0 Å². The van der Waals surface area contributed by atoms with E-state index in [4.69, 9.17) is 0 Å². The summed E-state index contributed by atoms with van der Waals surface area (Å²) in [6.45, 7) is 2.28. The van der Waals surface area contributed by atoms with Crippen molar-refractivity contribution >= 4 is 45.2 Å². The molecule has 0 amide bonds. The number of hydrogen-bond donors (Lipinski definition) is 2. The molecule has 0 spiro atoms. The van der Waals surface area contributed by atoms with Gasteiger partial charge in [0.05, 0.1) is 11.7 Å². The average molecular weight is 335 g/mol. The molecule has 6 nitrogen and oxygen atoms in total. The van der Waals surface area contributed by atoms with Crippen LogP contribution in [0, 0.1) is 5.92 Å². The minimum Gasteiger partial charge on any atom is -0.316 e. The van der Waals surface area contributed by atoms with Crippen LogP contribution in [-0.4, -0.2) is 36.8 Å². The van der Waals surface area contributed by atoms with Crippen LogP contribution < -0.4 is 10.0 Å². The van der Waals surface area contributed by atoms with Crippen LogP contribution in [0.3, 0.4) is 0 Å². The molecular weight excluding hydrogens is 320 g/mol. The maximum absolute atomic E-state index is 12.3. The Bertz CT molecular complexity index is 683. The molecule has 1 aromatic carbocycles. The Morgan fingerprint density at radius 1 is 1.40 bits per heavy atom. The standard InChI is InChI=1S/C11H14N4O2S2.ClH/c16-19(17,13-7-8-4-5-12-6-8)10-3-1-2-9-11(10)15-18-14-9;/h1-3,8,12-13H,4-7H2;1H. The molecule has 1 aliphatic heterocycles. The summed E-state index contributed by atoms with van der Waals surface area (Å²) in [6.07, 6.45) is 1.00. The molecule has 2 heterocycles. The summed E-state index contributed by atoms with van der Waals surface area (Å²) in [5, 5.41) is 3.22. The van der Waals surface area contributed by atoms with Crippen molar-refractivity contribution in [3.8, 4) is 0 Å². The normalized spacial score (nSPS) is 19.1. The van der Waals surface area contributed by atoms with Gasteiger partial charge in [-0.15, -0.1) is 12.4 Å². The van der Waals surface area contributed by atoms with Gasteiger partial charge in [0.25, 0.3) is 0 Å². The van der Waals surface area contributed by atoms with Crippen LogP contribution in [0.2, 0.25) is 0 Å². The van der Waals surface area contributed by atoms with E-state index in [9.17, 15) is 8.42 Å². The van der Waals surface area contributed by atoms with E-state index in [2.05, 4.69) is 18.8 Å². The highest BCUT2D eigenvalue weighted by Crippen LogP contribution is 2.21. The Balaban J connectivity index is 0.00000147. The van der Waals surface area contributed by atoms with Gasteiger partial charge in [0.15, 0.2) is 0 Å². The van der Waals surface area contributed by atoms with Crippen LogP contribution in [0.5, 0.6) is 0 Å². The van der Waals surface area contributed by atoms with Gasteiger partial charge in [0.1, 0.15) is 15.9 Å². The Labute approximate surface area is 127 Å². The Morgan fingerprint density at radius 2 is 2.25 bits per heavy atom.